The molecule has 0 aliphatic rings. The van der Waals surface area contributed by atoms with E-state index in [4.69, 9.17) is 27.1 Å². The highest BCUT2D eigenvalue weighted by molar-refractivity contribution is 7.80. The minimum Gasteiger partial charge on any atom is -0.489 e. The van der Waals surface area contributed by atoms with Gasteiger partial charge in [0.05, 0.1) is 12.0 Å². The molecule has 2 rings (SSSR count). The van der Waals surface area contributed by atoms with E-state index in [-0.39, 0.29) is 4.99 Å². The molecular weight excluding hydrogens is 270 g/mol. The van der Waals surface area contributed by atoms with Crippen LogP contribution in [0.3, 0.4) is 0 Å². The average Bonchev–Trinajstić information content (AvgIpc) is 2.82. The van der Waals surface area contributed by atoms with Gasteiger partial charge in [-0.05, 0) is 18.6 Å². The van der Waals surface area contributed by atoms with Crippen molar-refractivity contribution < 1.29 is 9.15 Å². The van der Waals surface area contributed by atoms with Gasteiger partial charge in [-0.25, -0.2) is 0 Å². The minimum atomic E-state index is 0.238. The third kappa shape index (κ3) is 3.51. The largest absolute Gasteiger partial charge is 0.489 e. The number of benzene rings is 1. The summed E-state index contributed by atoms with van der Waals surface area (Å²) in [4.78, 5) is 0.238. The zero-order valence-electron chi connectivity index (χ0n) is 11.9. The van der Waals surface area contributed by atoms with E-state index < -0.39 is 0 Å². The Morgan fingerprint density at radius 3 is 2.70 bits per heavy atom. The molecule has 108 valence electrons. The number of unbranched alkanes of at least 4 members (excludes halogenated alkanes) is 4. The monoisotopic (exact) mass is 291 g/mol. The van der Waals surface area contributed by atoms with Gasteiger partial charge in [0.25, 0.3) is 0 Å². The standard InChI is InChI=1S/C16H21NO2S/c1-2-3-4-5-8-11-18-14-12-9-6-7-10-13(12)19-15(14)16(17)20/h6-7,9-10H,2-5,8,11H2,1H3,(H2,17,20). The number of hydrogen-bond acceptors (Lipinski definition) is 3. The topological polar surface area (TPSA) is 48.4 Å². The lowest BCUT2D eigenvalue weighted by atomic mass is 10.2. The van der Waals surface area contributed by atoms with Gasteiger partial charge in [0, 0.05) is 0 Å². The van der Waals surface area contributed by atoms with Gasteiger partial charge in [0.2, 0.25) is 5.76 Å². The Morgan fingerprint density at radius 1 is 1.20 bits per heavy atom. The van der Waals surface area contributed by atoms with Crippen LogP contribution in [0.4, 0.5) is 0 Å². The molecule has 0 saturated heterocycles. The van der Waals surface area contributed by atoms with E-state index in [1.807, 2.05) is 24.3 Å². The van der Waals surface area contributed by atoms with Gasteiger partial charge in [-0.3, -0.25) is 0 Å². The molecule has 0 spiro atoms. The Bertz CT molecular complexity index is 577. The second kappa shape index (κ2) is 7.29. The number of fused-ring (bicyclic) bond motifs is 1. The third-order valence-electron chi connectivity index (χ3n) is 3.27. The highest BCUT2D eigenvalue weighted by Crippen LogP contribution is 2.33. The molecule has 20 heavy (non-hydrogen) atoms. The van der Waals surface area contributed by atoms with Crippen molar-refractivity contribution in [3.8, 4) is 5.75 Å². The molecule has 0 amide bonds. The van der Waals surface area contributed by atoms with Gasteiger partial charge in [0.1, 0.15) is 10.6 Å². The lowest BCUT2D eigenvalue weighted by Gasteiger charge is -2.06. The molecule has 2 N–H and O–H groups in total. The Labute approximate surface area is 125 Å². The summed E-state index contributed by atoms with van der Waals surface area (Å²) in [5, 5.41) is 0.934. The summed E-state index contributed by atoms with van der Waals surface area (Å²) < 4.78 is 11.5. The number of rotatable bonds is 8. The summed E-state index contributed by atoms with van der Waals surface area (Å²) in [6.45, 7) is 2.88. The van der Waals surface area contributed by atoms with E-state index in [2.05, 4.69) is 6.92 Å². The maximum Gasteiger partial charge on any atom is 0.204 e. The third-order valence-corrected chi connectivity index (χ3v) is 3.45. The van der Waals surface area contributed by atoms with Crippen LogP contribution in [0.15, 0.2) is 28.7 Å². The molecule has 0 saturated carbocycles. The van der Waals surface area contributed by atoms with Crippen LogP contribution in [-0.2, 0) is 0 Å². The molecule has 0 radical (unpaired) electrons. The molecule has 0 atom stereocenters. The number of thiocarbonyl (C=S) groups is 1. The van der Waals surface area contributed by atoms with Gasteiger partial charge >= 0.3 is 0 Å². The lowest BCUT2D eigenvalue weighted by molar-refractivity contribution is 0.303. The quantitative estimate of drug-likeness (QED) is 0.578. The van der Waals surface area contributed by atoms with Crippen molar-refractivity contribution in [1.82, 2.24) is 0 Å². The van der Waals surface area contributed by atoms with Crippen LogP contribution >= 0.6 is 12.2 Å². The van der Waals surface area contributed by atoms with Gasteiger partial charge in [-0.2, -0.15) is 0 Å². The van der Waals surface area contributed by atoms with E-state index in [1.54, 1.807) is 0 Å². The van der Waals surface area contributed by atoms with Crippen LogP contribution in [0.5, 0.6) is 5.75 Å². The highest BCUT2D eigenvalue weighted by atomic mass is 32.1. The molecule has 0 aliphatic carbocycles. The average molecular weight is 291 g/mol. The maximum absolute atomic E-state index is 5.87. The van der Waals surface area contributed by atoms with Crippen molar-refractivity contribution in [2.24, 2.45) is 5.73 Å². The van der Waals surface area contributed by atoms with E-state index in [9.17, 15) is 0 Å². The predicted octanol–water partition coefficient (Wildman–Crippen LogP) is 4.42. The molecule has 1 heterocycles. The molecular formula is C16H21NO2S. The Kier molecular flexibility index (Phi) is 5.41. The van der Waals surface area contributed by atoms with Gasteiger partial charge in [-0.15, -0.1) is 0 Å². The molecule has 4 heteroatoms. The van der Waals surface area contributed by atoms with Crippen LogP contribution < -0.4 is 10.5 Å². The fourth-order valence-electron chi connectivity index (χ4n) is 2.21. The Balaban J connectivity index is 2.04. The summed E-state index contributed by atoms with van der Waals surface area (Å²) in [7, 11) is 0. The first kappa shape index (κ1) is 14.9. The maximum atomic E-state index is 5.87. The summed E-state index contributed by atoms with van der Waals surface area (Å²) >= 11 is 5.03. The summed E-state index contributed by atoms with van der Waals surface area (Å²) in [5.41, 5.74) is 6.47. The highest BCUT2D eigenvalue weighted by Gasteiger charge is 2.17. The van der Waals surface area contributed by atoms with Crippen molar-refractivity contribution in [2.75, 3.05) is 6.61 Å². The molecule has 1 aromatic carbocycles. The molecule has 3 nitrogen and oxygen atoms in total. The zero-order valence-corrected chi connectivity index (χ0v) is 12.7. The smallest absolute Gasteiger partial charge is 0.204 e. The van der Waals surface area contributed by atoms with E-state index >= 15 is 0 Å². The predicted molar refractivity (Wildman–Crippen MR) is 86.4 cm³/mol. The van der Waals surface area contributed by atoms with Crippen LogP contribution in [0.1, 0.15) is 44.8 Å². The molecule has 0 aliphatic heterocycles. The summed E-state index contributed by atoms with van der Waals surface area (Å²) in [5.74, 6) is 1.17. The van der Waals surface area contributed by atoms with Gasteiger partial charge < -0.3 is 14.9 Å². The first-order valence-corrected chi connectivity index (χ1v) is 7.59. The lowest BCUT2D eigenvalue weighted by Crippen LogP contribution is -2.10. The summed E-state index contributed by atoms with van der Waals surface area (Å²) in [6.07, 6.45) is 6.02. The first-order valence-electron chi connectivity index (χ1n) is 7.18. The first-order chi connectivity index (χ1) is 9.74. The van der Waals surface area contributed by atoms with Crippen molar-refractivity contribution >= 4 is 28.2 Å². The van der Waals surface area contributed by atoms with Gasteiger partial charge in [0.15, 0.2) is 5.75 Å². The van der Waals surface area contributed by atoms with Crippen LogP contribution in [-0.4, -0.2) is 11.6 Å². The van der Waals surface area contributed by atoms with Crippen molar-refractivity contribution in [2.45, 2.75) is 39.0 Å². The van der Waals surface area contributed by atoms with E-state index in [1.165, 1.54) is 25.7 Å². The number of para-hydroxylation sites is 1. The van der Waals surface area contributed by atoms with Gasteiger partial charge in [-0.1, -0.05) is 57.0 Å². The molecule has 1 aromatic heterocycles. The number of nitrogens with two attached hydrogens (primary N) is 1. The fraction of sp³-hybridized carbons (Fsp3) is 0.438. The zero-order chi connectivity index (χ0) is 14.4. The normalized spacial score (nSPS) is 10.8. The minimum absolute atomic E-state index is 0.238. The second-order valence-corrected chi connectivity index (χ2v) is 5.32. The van der Waals surface area contributed by atoms with Crippen molar-refractivity contribution in [3.05, 3.63) is 30.0 Å². The van der Waals surface area contributed by atoms with Crippen LogP contribution in [0.25, 0.3) is 11.0 Å². The van der Waals surface area contributed by atoms with Crippen LogP contribution in [0, 0.1) is 0 Å². The fourth-order valence-corrected chi connectivity index (χ4v) is 2.34. The van der Waals surface area contributed by atoms with Crippen molar-refractivity contribution in [3.63, 3.8) is 0 Å². The van der Waals surface area contributed by atoms with E-state index in [0.717, 1.165) is 17.4 Å². The SMILES string of the molecule is CCCCCCCOc1c(C(N)=S)oc2ccccc12. The van der Waals surface area contributed by atoms with E-state index in [0.29, 0.717) is 18.1 Å². The molecule has 0 unspecified atom stereocenters. The van der Waals surface area contributed by atoms with Crippen LogP contribution in [0.2, 0.25) is 0 Å². The molecule has 0 fully saturated rings. The number of ether oxygens (including phenoxy) is 1. The van der Waals surface area contributed by atoms with Crippen molar-refractivity contribution in [1.29, 1.82) is 0 Å². The number of furan rings is 1. The number of hydrogen-bond donors (Lipinski definition) is 1. The summed E-state index contributed by atoms with van der Waals surface area (Å²) in [6, 6.07) is 7.73. The molecule has 2 aromatic rings. The second-order valence-electron chi connectivity index (χ2n) is 4.88. The Morgan fingerprint density at radius 2 is 1.95 bits per heavy atom. The Hall–Kier alpha value is -1.55. The molecule has 0 bridgehead atoms.